The maximum atomic E-state index is 13.3. The third-order valence-corrected chi connectivity index (χ3v) is 6.85. The average Bonchev–Trinajstić information content (AvgIpc) is 3.60. The summed E-state index contributed by atoms with van der Waals surface area (Å²) in [6.07, 6.45) is 2.69. The summed E-state index contributed by atoms with van der Waals surface area (Å²) < 4.78 is 3.10. The standard InChI is InChI=1S/C26H22Cl2N8O3/c1-3-20(25-30-23(24(28)31-25)15-4-7-18(8-5-15)34(2)26(38)39)35-11-10-16(12-22(35)37)19-13-17(27)6-9-21(19)36-14-29-32-33-36/h4-14,20H,3H2,1-2H3,(H,30,31)(H,38,39). The van der Waals surface area contributed by atoms with Gasteiger partial charge in [0.15, 0.2) is 0 Å². The molecule has 13 heteroatoms. The van der Waals surface area contributed by atoms with Gasteiger partial charge < -0.3 is 14.7 Å². The van der Waals surface area contributed by atoms with E-state index < -0.39 is 12.1 Å². The average molecular weight is 565 g/mol. The Morgan fingerprint density at radius 1 is 1.10 bits per heavy atom. The van der Waals surface area contributed by atoms with Crippen LogP contribution >= 0.6 is 23.2 Å². The smallest absolute Gasteiger partial charge is 0.411 e. The lowest BCUT2D eigenvalue weighted by molar-refractivity contribution is 0.203. The van der Waals surface area contributed by atoms with E-state index in [4.69, 9.17) is 28.2 Å². The van der Waals surface area contributed by atoms with Crippen molar-refractivity contribution in [2.24, 2.45) is 0 Å². The molecule has 2 aromatic carbocycles. The number of aromatic amines is 1. The quantitative estimate of drug-likeness (QED) is 0.273. The van der Waals surface area contributed by atoms with Gasteiger partial charge in [-0.1, -0.05) is 42.3 Å². The third kappa shape index (κ3) is 5.14. The summed E-state index contributed by atoms with van der Waals surface area (Å²) in [4.78, 5) is 33.5. The Kier molecular flexibility index (Phi) is 7.18. The molecule has 11 nitrogen and oxygen atoms in total. The summed E-state index contributed by atoms with van der Waals surface area (Å²) in [6, 6.07) is 15.1. The molecule has 39 heavy (non-hydrogen) atoms. The number of amides is 1. The first-order valence-corrected chi connectivity index (χ1v) is 12.6. The van der Waals surface area contributed by atoms with Crippen LogP contribution in [-0.4, -0.2) is 53.0 Å². The molecule has 0 spiro atoms. The van der Waals surface area contributed by atoms with Gasteiger partial charge in [-0.15, -0.1) is 5.10 Å². The number of nitrogens with zero attached hydrogens (tertiary/aromatic N) is 7. The Labute approximate surface area is 232 Å². The number of pyridine rings is 1. The fourth-order valence-electron chi connectivity index (χ4n) is 4.32. The van der Waals surface area contributed by atoms with Gasteiger partial charge in [-0.25, -0.2) is 9.78 Å². The van der Waals surface area contributed by atoms with E-state index in [0.29, 0.717) is 56.2 Å². The molecule has 3 aromatic heterocycles. The highest BCUT2D eigenvalue weighted by molar-refractivity contribution is 6.32. The van der Waals surface area contributed by atoms with Crippen molar-refractivity contribution in [3.63, 3.8) is 0 Å². The number of rotatable bonds is 7. The van der Waals surface area contributed by atoms with Gasteiger partial charge in [-0.2, -0.15) is 4.68 Å². The van der Waals surface area contributed by atoms with E-state index in [-0.39, 0.29) is 5.56 Å². The topological polar surface area (TPSA) is 135 Å². The van der Waals surface area contributed by atoms with Gasteiger partial charge in [-0.3, -0.25) is 9.69 Å². The molecule has 5 aromatic rings. The highest BCUT2D eigenvalue weighted by atomic mass is 35.5. The minimum Gasteiger partial charge on any atom is -0.465 e. The van der Waals surface area contributed by atoms with Gasteiger partial charge in [0.2, 0.25) is 0 Å². The zero-order valence-corrected chi connectivity index (χ0v) is 22.3. The molecule has 0 saturated carbocycles. The number of aromatic nitrogens is 7. The second kappa shape index (κ2) is 10.7. The first-order chi connectivity index (χ1) is 18.8. The van der Waals surface area contributed by atoms with Crippen LogP contribution in [0.4, 0.5) is 10.5 Å². The van der Waals surface area contributed by atoms with Crippen molar-refractivity contribution in [1.82, 2.24) is 34.7 Å². The SMILES string of the molecule is CCC(c1nc(-c2ccc(N(C)C(=O)O)cc2)c(Cl)[nH]1)n1ccc(-c2cc(Cl)ccc2-n2cnnn2)cc1=O. The highest BCUT2D eigenvalue weighted by Gasteiger charge is 2.21. The summed E-state index contributed by atoms with van der Waals surface area (Å²) in [5.74, 6) is 0.524. The summed E-state index contributed by atoms with van der Waals surface area (Å²) in [7, 11) is 1.46. The molecule has 0 aliphatic carbocycles. The predicted molar refractivity (Wildman–Crippen MR) is 148 cm³/mol. The number of halogens is 2. The highest BCUT2D eigenvalue weighted by Crippen LogP contribution is 2.32. The molecule has 0 saturated heterocycles. The fraction of sp³-hybridized carbons (Fsp3) is 0.154. The summed E-state index contributed by atoms with van der Waals surface area (Å²) in [6.45, 7) is 1.95. The Bertz CT molecular complexity index is 1700. The van der Waals surface area contributed by atoms with Crippen molar-refractivity contribution < 1.29 is 9.90 Å². The number of tetrazole rings is 1. The minimum absolute atomic E-state index is 0.239. The number of benzene rings is 2. The summed E-state index contributed by atoms with van der Waals surface area (Å²) in [5, 5.41) is 21.4. The van der Waals surface area contributed by atoms with Crippen molar-refractivity contribution in [3.05, 3.63) is 93.5 Å². The summed E-state index contributed by atoms with van der Waals surface area (Å²) in [5.41, 5.74) is 3.52. The molecule has 0 bridgehead atoms. The molecular weight excluding hydrogens is 543 g/mol. The van der Waals surface area contributed by atoms with E-state index in [1.54, 1.807) is 53.2 Å². The second-order valence-corrected chi connectivity index (χ2v) is 9.49. The van der Waals surface area contributed by atoms with E-state index in [2.05, 4.69) is 20.5 Å². The lowest BCUT2D eigenvalue weighted by Crippen LogP contribution is -2.25. The predicted octanol–water partition coefficient (Wildman–Crippen LogP) is 5.30. The van der Waals surface area contributed by atoms with Crippen LogP contribution in [-0.2, 0) is 0 Å². The number of H-pyrrole nitrogens is 1. The zero-order chi connectivity index (χ0) is 27.7. The van der Waals surface area contributed by atoms with Crippen molar-refractivity contribution in [1.29, 1.82) is 0 Å². The van der Waals surface area contributed by atoms with Crippen LogP contribution in [0.3, 0.4) is 0 Å². The third-order valence-electron chi connectivity index (χ3n) is 6.34. The maximum Gasteiger partial charge on any atom is 0.411 e. The van der Waals surface area contributed by atoms with Gasteiger partial charge in [0, 0.05) is 41.1 Å². The maximum absolute atomic E-state index is 13.3. The number of carbonyl (C=O) groups is 1. The van der Waals surface area contributed by atoms with Crippen molar-refractivity contribution in [3.8, 4) is 28.1 Å². The van der Waals surface area contributed by atoms with Gasteiger partial charge in [0.05, 0.1) is 11.7 Å². The molecule has 5 rings (SSSR count). The lowest BCUT2D eigenvalue weighted by Gasteiger charge is -2.17. The van der Waals surface area contributed by atoms with Crippen LogP contribution in [0.5, 0.6) is 0 Å². The van der Waals surface area contributed by atoms with Crippen LogP contribution in [0.15, 0.2) is 71.9 Å². The first kappa shape index (κ1) is 26.1. The lowest BCUT2D eigenvalue weighted by atomic mass is 10.0. The van der Waals surface area contributed by atoms with Gasteiger partial charge >= 0.3 is 6.09 Å². The van der Waals surface area contributed by atoms with Crippen molar-refractivity contribution in [2.75, 3.05) is 11.9 Å². The van der Waals surface area contributed by atoms with E-state index >= 15 is 0 Å². The second-order valence-electron chi connectivity index (χ2n) is 8.67. The minimum atomic E-state index is -1.06. The molecule has 198 valence electrons. The zero-order valence-electron chi connectivity index (χ0n) is 20.8. The molecule has 1 unspecified atom stereocenters. The van der Waals surface area contributed by atoms with Gasteiger partial charge in [0.25, 0.3) is 5.56 Å². The van der Waals surface area contributed by atoms with E-state index in [1.807, 2.05) is 13.0 Å². The molecular formula is C26H22Cl2N8O3. The number of imidazole rings is 1. The summed E-state index contributed by atoms with van der Waals surface area (Å²) >= 11 is 12.8. The van der Waals surface area contributed by atoms with Crippen LogP contribution in [0.2, 0.25) is 10.2 Å². The fourth-order valence-corrected chi connectivity index (χ4v) is 4.74. The van der Waals surface area contributed by atoms with Crippen LogP contribution in [0.1, 0.15) is 25.2 Å². The number of anilines is 1. The van der Waals surface area contributed by atoms with Crippen molar-refractivity contribution in [2.45, 2.75) is 19.4 Å². The number of hydrogen-bond donors (Lipinski definition) is 2. The molecule has 1 atom stereocenters. The van der Waals surface area contributed by atoms with E-state index in [9.17, 15) is 14.7 Å². The molecule has 1 amide bonds. The van der Waals surface area contributed by atoms with Crippen LogP contribution in [0, 0.1) is 0 Å². The Morgan fingerprint density at radius 3 is 2.51 bits per heavy atom. The number of carboxylic acid groups (broad SMARTS) is 1. The normalized spacial score (nSPS) is 11.9. The molecule has 0 radical (unpaired) electrons. The van der Waals surface area contributed by atoms with Crippen LogP contribution in [0.25, 0.3) is 28.1 Å². The Morgan fingerprint density at radius 2 is 1.87 bits per heavy atom. The molecule has 0 aliphatic rings. The number of hydrogen-bond acceptors (Lipinski definition) is 6. The largest absolute Gasteiger partial charge is 0.465 e. The van der Waals surface area contributed by atoms with Crippen molar-refractivity contribution >= 4 is 35.0 Å². The molecule has 0 aliphatic heterocycles. The first-order valence-electron chi connectivity index (χ1n) is 11.8. The van der Waals surface area contributed by atoms with E-state index in [1.165, 1.54) is 24.1 Å². The number of nitrogens with one attached hydrogen (secondary N) is 1. The van der Waals surface area contributed by atoms with Gasteiger partial charge in [0.1, 0.15) is 23.0 Å². The van der Waals surface area contributed by atoms with E-state index in [0.717, 1.165) is 4.90 Å². The Hall–Kier alpha value is -4.48. The molecule has 2 N–H and O–H groups in total. The molecule has 3 heterocycles. The Balaban J connectivity index is 1.48. The van der Waals surface area contributed by atoms with Crippen LogP contribution < -0.4 is 10.5 Å². The monoisotopic (exact) mass is 564 g/mol. The molecule has 0 fully saturated rings. The van der Waals surface area contributed by atoms with Gasteiger partial charge in [-0.05, 0) is 58.8 Å².